The van der Waals surface area contributed by atoms with Crippen LogP contribution in [0.15, 0.2) is 72.3 Å². The van der Waals surface area contributed by atoms with Crippen molar-refractivity contribution in [2.75, 3.05) is 14.2 Å². The lowest BCUT2D eigenvalue weighted by Gasteiger charge is -2.26. The minimum Gasteiger partial charge on any atom is -0.496 e. The molecular weight excluding hydrogens is 502 g/mol. The van der Waals surface area contributed by atoms with E-state index in [1.165, 1.54) is 26.4 Å². The van der Waals surface area contributed by atoms with E-state index in [0.29, 0.717) is 33.6 Å². The first-order valence-corrected chi connectivity index (χ1v) is 11.9. The van der Waals surface area contributed by atoms with Crippen LogP contribution < -0.4 is 14.8 Å². The highest BCUT2D eigenvalue weighted by molar-refractivity contribution is 6.31. The Labute approximate surface area is 223 Å². The molecule has 196 valence electrons. The van der Waals surface area contributed by atoms with Crippen LogP contribution in [-0.4, -0.2) is 53.7 Å². The maximum absolute atomic E-state index is 13.3. The molecule has 1 fully saturated rings. The number of benzene rings is 3. The first kappa shape index (κ1) is 25.4. The number of hydrogen-bond acceptors (Lipinski definition) is 7. The Balaban J connectivity index is 1.50. The molecule has 0 radical (unpaired) electrons. The SMILES string of the molecule is COc1cc(OC)c(CN2C(=O)c3ccccc3C2=O)cc1/C=C1\C(=O)NC(=O)N(Cc2ccccc2)C1=O. The van der Waals surface area contributed by atoms with Crippen LogP contribution >= 0.6 is 0 Å². The number of nitrogens with one attached hydrogen (secondary N) is 1. The van der Waals surface area contributed by atoms with E-state index in [9.17, 15) is 24.0 Å². The second kappa shape index (κ2) is 10.3. The Morgan fingerprint density at radius 1 is 0.718 bits per heavy atom. The second-order valence-electron chi connectivity index (χ2n) is 8.84. The molecule has 6 amide bonds. The average molecular weight is 526 g/mol. The summed E-state index contributed by atoms with van der Waals surface area (Å²) >= 11 is 0. The van der Waals surface area contributed by atoms with Crippen molar-refractivity contribution in [2.45, 2.75) is 13.1 Å². The summed E-state index contributed by atoms with van der Waals surface area (Å²) in [7, 11) is 2.85. The van der Waals surface area contributed by atoms with Gasteiger partial charge in [0.05, 0.1) is 38.4 Å². The van der Waals surface area contributed by atoms with E-state index < -0.39 is 29.7 Å². The molecule has 0 unspecified atom stereocenters. The van der Waals surface area contributed by atoms with E-state index >= 15 is 0 Å². The van der Waals surface area contributed by atoms with Gasteiger partial charge >= 0.3 is 6.03 Å². The normalized spacial score (nSPS) is 16.1. The fourth-order valence-electron chi connectivity index (χ4n) is 4.54. The lowest BCUT2D eigenvalue weighted by atomic mass is 10.0. The lowest BCUT2D eigenvalue weighted by Crippen LogP contribution is -2.53. The van der Waals surface area contributed by atoms with E-state index in [4.69, 9.17) is 9.47 Å². The number of methoxy groups -OCH3 is 2. The number of imide groups is 3. The molecule has 1 saturated heterocycles. The van der Waals surface area contributed by atoms with E-state index in [1.54, 1.807) is 54.6 Å². The van der Waals surface area contributed by atoms with Gasteiger partial charge in [0.25, 0.3) is 23.6 Å². The largest absolute Gasteiger partial charge is 0.496 e. The van der Waals surface area contributed by atoms with Crippen LogP contribution in [0.25, 0.3) is 6.08 Å². The topological polar surface area (TPSA) is 122 Å². The number of urea groups is 1. The molecule has 1 N–H and O–H groups in total. The van der Waals surface area contributed by atoms with Crippen molar-refractivity contribution in [3.63, 3.8) is 0 Å². The molecule has 10 heteroatoms. The standard InChI is InChI=1S/C29H23N3O7/c1-38-23-14-24(39-2)19(16-31-26(34)20-10-6-7-11-21(20)27(31)35)12-18(23)13-22-25(33)30-29(37)32(28(22)36)15-17-8-4-3-5-9-17/h3-14H,15-16H2,1-2H3,(H,30,33,37)/b22-13+. The van der Waals surface area contributed by atoms with Gasteiger partial charge in [0.2, 0.25) is 0 Å². The highest BCUT2D eigenvalue weighted by atomic mass is 16.5. The van der Waals surface area contributed by atoms with Gasteiger partial charge in [0, 0.05) is 17.2 Å². The van der Waals surface area contributed by atoms with E-state index in [0.717, 1.165) is 9.80 Å². The first-order valence-electron chi connectivity index (χ1n) is 11.9. The summed E-state index contributed by atoms with van der Waals surface area (Å²) in [6, 6.07) is 17.7. The molecule has 2 aliphatic rings. The van der Waals surface area contributed by atoms with Gasteiger partial charge in [0.1, 0.15) is 17.1 Å². The summed E-state index contributed by atoms with van der Waals surface area (Å²) in [5.74, 6) is -1.89. The monoisotopic (exact) mass is 525 g/mol. The number of hydrogen-bond donors (Lipinski definition) is 1. The number of nitrogens with zero attached hydrogens (tertiary/aromatic N) is 2. The number of carbonyl (C=O) groups excluding carboxylic acids is 5. The molecule has 0 saturated carbocycles. The van der Waals surface area contributed by atoms with Crippen LogP contribution in [0.2, 0.25) is 0 Å². The van der Waals surface area contributed by atoms with Gasteiger partial charge in [-0.3, -0.25) is 34.3 Å². The molecule has 0 atom stereocenters. The average Bonchev–Trinajstić information content (AvgIpc) is 3.18. The minimum absolute atomic E-state index is 0.0269. The maximum atomic E-state index is 13.3. The number of fused-ring (bicyclic) bond motifs is 1. The molecule has 39 heavy (non-hydrogen) atoms. The van der Waals surface area contributed by atoms with E-state index in [2.05, 4.69) is 5.32 Å². The van der Waals surface area contributed by atoms with Crippen LogP contribution in [0.5, 0.6) is 11.5 Å². The quantitative estimate of drug-likeness (QED) is 0.286. The smallest absolute Gasteiger partial charge is 0.331 e. The number of barbiturate groups is 1. The Bertz CT molecular complexity index is 1530. The van der Waals surface area contributed by atoms with Crippen molar-refractivity contribution in [3.05, 3.63) is 100 Å². The first-order chi connectivity index (χ1) is 18.8. The van der Waals surface area contributed by atoms with Gasteiger partial charge in [-0.1, -0.05) is 42.5 Å². The van der Waals surface area contributed by atoms with Crippen LogP contribution in [0.4, 0.5) is 4.79 Å². The zero-order valence-electron chi connectivity index (χ0n) is 21.1. The van der Waals surface area contributed by atoms with Crippen LogP contribution in [0.3, 0.4) is 0 Å². The number of ether oxygens (including phenoxy) is 2. The third-order valence-corrected chi connectivity index (χ3v) is 6.51. The fraction of sp³-hybridized carbons (Fsp3) is 0.138. The van der Waals surface area contributed by atoms with Gasteiger partial charge in [-0.2, -0.15) is 0 Å². The lowest BCUT2D eigenvalue weighted by molar-refractivity contribution is -0.130. The molecule has 2 aliphatic heterocycles. The molecule has 0 aliphatic carbocycles. The molecule has 5 rings (SSSR count). The molecule has 0 aromatic heterocycles. The van der Waals surface area contributed by atoms with Gasteiger partial charge < -0.3 is 9.47 Å². The molecular formula is C29H23N3O7. The zero-order chi connectivity index (χ0) is 27.7. The third-order valence-electron chi connectivity index (χ3n) is 6.51. The highest BCUT2D eigenvalue weighted by Crippen LogP contribution is 2.34. The van der Waals surface area contributed by atoms with Crippen LogP contribution in [0, 0.1) is 0 Å². The van der Waals surface area contributed by atoms with Crippen LogP contribution in [-0.2, 0) is 22.7 Å². The van der Waals surface area contributed by atoms with Crippen LogP contribution in [0.1, 0.15) is 37.4 Å². The fourth-order valence-corrected chi connectivity index (χ4v) is 4.54. The van der Waals surface area contributed by atoms with Crippen molar-refractivity contribution >= 4 is 35.7 Å². The molecule has 3 aromatic carbocycles. The Kier molecular flexibility index (Phi) is 6.68. The Hall–Kier alpha value is -5.25. The van der Waals surface area contributed by atoms with Crippen molar-refractivity contribution < 1.29 is 33.4 Å². The van der Waals surface area contributed by atoms with Gasteiger partial charge in [-0.05, 0) is 29.8 Å². The predicted molar refractivity (Wildman–Crippen MR) is 139 cm³/mol. The van der Waals surface area contributed by atoms with Crippen molar-refractivity contribution in [1.82, 2.24) is 15.1 Å². The number of amides is 6. The zero-order valence-corrected chi connectivity index (χ0v) is 21.1. The molecule has 3 aromatic rings. The summed E-state index contributed by atoms with van der Waals surface area (Å²) in [5.41, 5.74) is 1.81. The van der Waals surface area contributed by atoms with Gasteiger partial charge in [0.15, 0.2) is 0 Å². The van der Waals surface area contributed by atoms with Crippen molar-refractivity contribution in [1.29, 1.82) is 0 Å². The summed E-state index contributed by atoms with van der Waals surface area (Å²) in [4.78, 5) is 66.3. The molecule has 10 nitrogen and oxygen atoms in total. The molecule has 0 bridgehead atoms. The van der Waals surface area contributed by atoms with E-state index in [1.807, 2.05) is 6.07 Å². The Morgan fingerprint density at radius 3 is 1.95 bits per heavy atom. The summed E-state index contributed by atoms with van der Waals surface area (Å²) in [6.45, 7) is -0.144. The van der Waals surface area contributed by atoms with E-state index in [-0.39, 0.29) is 24.4 Å². The Morgan fingerprint density at radius 2 is 1.33 bits per heavy atom. The summed E-state index contributed by atoms with van der Waals surface area (Å²) in [6.07, 6.45) is 1.31. The van der Waals surface area contributed by atoms with Crippen molar-refractivity contribution in [2.24, 2.45) is 0 Å². The second-order valence-corrected chi connectivity index (χ2v) is 8.84. The molecule has 0 spiro atoms. The van der Waals surface area contributed by atoms with Crippen molar-refractivity contribution in [3.8, 4) is 11.5 Å². The third kappa shape index (κ3) is 4.63. The highest BCUT2D eigenvalue weighted by Gasteiger charge is 2.37. The maximum Gasteiger partial charge on any atom is 0.331 e. The van der Waals surface area contributed by atoms with Gasteiger partial charge in [-0.25, -0.2) is 4.79 Å². The summed E-state index contributed by atoms with van der Waals surface area (Å²) < 4.78 is 10.9. The molecule has 2 heterocycles. The summed E-state index contributed by atoms with van der Waals surface area (Å²) in [5, 5.41) is 2.20. The van der Waals surface area contributed by atoms with Gasteiger partial charge in [-0.15, -0.1) is 0 Å². The number of rotatable bonds is 7. The minimum atomic E-state index is -0.853. The number of carbonyl (C=O) groups is 5. The predicted octanol–water partition coefficient (Wildman–Crippen LogP) is 3.16.